The van der Waals surface area contributed by atoms with Crippen molar-refractivity contribution in [2.24, 2.45) is 5.41 Å². The molecule has 0 bridgehead atoms. The molecule has 0 atom stereocenters. The van der Waals surface area contributed by atoms with Gasteiger partial charge in [0.05, 0.1) is 0 Å². The molecule has 0 fully saturated rings. The molecule has 0 aliphatic carbocycles. The Morgan fingerprint density at radius 1 is 1.12 bits per heavy atom. The van der Waals surface area contributed by atoms with Crippen LogP contribution in [-0.4, -0.2) is 24.2 Å². The van der Waals surface area contributed by atoms with Gasteiger partial charge in [0, 0.05) is 0 Å². The number of ketones is 1. The topological polar surface area (TPSA) is 17.1 Å². The van der Waals surface area contributed by atoms with Crippen LogP contribution in [0.25, 0.3) is 0 Å². The van der Waals surface area contributed by atoms with Gasteiger partial charge in [0.2, 0.25) is 0 Å². The molecule has 0 saturated heterocycles. The van der Waals surface area contributed by atoms with E-state index >= 15 is 0 Å². The molecule has 0 heterocycles. The van der Waals surface area contributed by atoms with Crippen molar-refractivity contribution in [2.75, 3.05) is 0 Å². The molecule has 1 aromatic carbocycles. The van der Waals surface area contributed by atoms with Gasteiger partial charge in [0.15, 0.2) is 0 Å². The molecule has 2 heteroatoms. The zero-order chi connectivity index (χ0) is 12.4. The van der Waals surface area contributed by atoms with E-state index in [1.165, 1.54) is 3.58 Å². The third-order valence-corrected chi connectivity index (χ3v) is 11.8. The van der Waals surface area contributed by atoms with Crippen LogP contribution in [0.4, 0.5) is 0 Å². The van der Waals surface area contributed by atoms with Crippen LogP contribution in [0.3, 0.4) is 0 Å². The Kier molecular flexibility index (Phi) is 4.22. The normalized spacial score (nSPS) is 12.6. The van der Waals surface area contributed by atoms with E-state index in [1.807, 2.05) is 26.8 Å². The number of rotatable bonds is 3. The van der Waals surface area contributed by atoms with Crippen molar-refractivity contribution in [2.45, 2.75) is 35.1 Å². The van der Waals surface area contributed by atoms with Gasteiger partial charge in [-0.25, -0.2) is 0 Å². The van der Waals surface area contributed by atoms with Gasteiger partial charge in [0.25, 0.3) is 0 Å². The summed E-state index contributed by atoms with van der Waals surface area (Å²) in [5.74, 6) is 0.414. The second-order valence-corrected chi connectivity index (χ2v) is 19.5. The molecule has 1 rings (SSSR count). The first-order valence-electron chi connectivity index (χ1n) is 5.82. The SMILES string of the molecule is CC(C)(C)C(=O)[CH2][Sn]([CH3])([CH3])[c]1ccccc1. The molecule has 0 amide bonds. The first kappa shape index (κ1) is 13.8. The molecule has 0 spiro atoms. The Morgan fingerprint density at radius 2 is 1.62 bits per heavy atom. The summed E-state index contributed by atoms with van der Waals surface area (Å²) in [5, 5.41) is 0. The van der Waals surface area contributed by atoms with Crippen LogP contribution in [0.5, 0.6) is 0 Å². The van der Waals surface area contributed by atoms with Crippen molar-refractivity contribution < 1.29 is 4.79 Å². The van der Waals surface area contributed by atoms with E-state index in [0.29, 0.717) is 5.78 Å². The first-order chi connectivity index (χ1) is 7.23. The number of hydrogen-bond donors (Lipinski definition) is 0. The molecule has 16 heavy (non-hydrogen) atoms. The third kappa shape index (κ3) is 3.62. The van der Waals surface area contributed by atoms with E-state index in [0.717, 1.165) is 4.44 Å². The Balaban J connectivity index is 2.85. The average molecular weight is 325 g/mol. The van der Waals surface area contributed by atoms with Crippen molar-refractivity contribution in [3.05, 3.63) is 30.3 Å². The summed E-state index contributed by atoms with van der Waals surface area (Å²) in [4.78, 5) is 16.8. The molecule has 1 aromatic rings. The number of carbonyl (C=O) groups excluding carboxylic acids is 1. The van der Waals surface area contributed by atoms with E-state index in [4.69, 9.17) is 0 Å². The minimum atomic E-state index is -2.38. The molecule has 0 aliphatic rings. The van der Waals surface area contributed by atoms with E-state index in [9.17, 15) is 4.79 Å². The predicted octanol–water partition coefficient (Wildman–Crippen LogP) is 3.22. The Hall–Kier alpha value is -0.311. The van der Waals surface area contributed by atoms with E-state index in [2.05, 4.69) is 34.1 Å². The summed E-state index contributed by atoms with van der Waals surface area (Å²) in [7, 11) is 0. The molecular weight excluding hydrogens is 303 g/mol. The van der Waals surface area contributed by atoms with Crippen LogP contribution in [0.15, 0.2) is 30.3 Å². The standard InChI is InChI=1S/C6H11O.C6H5.2CH3.Sn/c1-5(7)6(2,3)4;1-2-4-6-5-3-1;;;/h1H2,2-4H3;1-5H;2*1H3;. The second kappa shape index (κ2) is 4.90. The number of Topliss-reactive ketones (excluding diaryl/α,β-unsaturated/α-hetero) is 1. The van der Waals surface area contributed by atoms with Crippen molar-refractivity contribution >= 4 is 27.7 Å². The van der Waals surface area contributed by atoms with Crippen LogP contribution < -0.4 is 3.58 Å². The van der Waals surface area contributed by atoms with Crippen LogP contribution >= 0.6 is 0 Å². The maximum absolute atomic E-state index is 12.1. The van der Waals surface area contributed by atoms with Gasteiger partial charge >= 0.3 is 103 Å². The fourth-order valence-electron chi connectivity index (χ4n) is 1.66. The minimum absolute atomic E-state index is 0.191. The third-order valence-electron chi connectivity index (χ3n) is 2.99. The Bertz CT molecular complexity index is 360. The van der Waals surface area contributed by atoms with Gasteiger partial charge in [-0.1, -0.05) is 0 Å². The van der Waals surface area contributed by atoms with E-state index < -0.39 is 18.4 Å². The van der Waals surface area contributed by atoms with Crippen LogP contribution in [-0.2, 0) is 4.79 Å². The molecule has 0 aromatic heterocycles. The van der Waals surface area contributed by atoms with Gasteiger partial charge in [-0.15, -0.1) is 0 Å². The molecule has 88 valence electrons. The average Bonchev–Trinajstić information content (AvgIpc) is 2.17. The number of hydrogen-bond acceptors (Lipinski definition) is 1. The summed E-state index contributed by atoms with van der Waals surface area (Å²) in [6.07, 6.45) is 0. The molecule has 0 radical (unpaired) electrons. The van der Waals surface area contributed by atoms with Crippen LogP contribution in [0.2, 0.25) is 14.3 Å². The second-order valence-electron chi connectivity index (χ2n) is 6.10. The summed E-state index contributed by atoms with van der Waals surface area (Å²) in [6.45, 7) is 6.05. The van der Waals surface area contributed by atoms with Crippen molar-refractivity contribution in [1.29, 1.82) is 0 Å². The molecule has 0 N–H and O–H groups in total. The number of benzene rings is 1. The van der Waals surface area contributed by atoms with Gasteiger partial charge in [0.1, 0.15) is 0 Å². The summed E-state index contributed by atoms with van der Waals surface area (Å²) in [5.41, 5.74) is -0.191. The Labute approximate surface area is 103 Å². The monoisotopic (exact) mass is 326 g/mol. The van der Waals surface area contributed by atoms with Gasteiger partial charge in [-0.05, 0) is 0 Å². The van der Waals surface area contributed by atoms with Gasteiger partial charge < -0.3 is 0 Å². The predicted molar refractivity (Wildman–Crippen MR) is 72.8 cm³/mol. The summed E-state index contributed by atoms with van der Waals surface area (Å²) < 4.78 is 2.25. The van der Waals surface area contributed by atoms with Crippen LogP contribution in [0, 0.1) is 5.41 Å². The summed E-state index contributed by atoms with van der Waals surface area (Å²) >= 11 is -2.38. The molecule has 1 nitrogen and oxygen atoms in total. The van der Waals surface area contributed by atoms with Crippen molar-refractivity contribution in [3.63, 3.8) is 0 Å². The van der Waals surface area contributed by atoms with E-state index in [-0.39, 0.29) is 5.41 Å². The fourth-order valence-corrected chi connectivity index (χ4v) is 9.17. The maximum atomic E-state index is 12.1. The zero-order valence-electron chi connectivity index (χ0n) is 11.0. The molecule has 0 saturated carbocycles. The van der Waals surface area contributed by atoms with Gasteiger partial charge in [-0.2, -0.15) is 0 Å². The van der Waals surface area contributed by atoms with Crippen molar-refractivity contribution in [3.8, 4) is 0 Å². The Morgan fingerprint density at radius 3 is 2.06 bits per heavy atom. The first-order valence-corrected chi connectivity index (χ1v) is 15.0. The van der Waals surface area contributed by atoms with Crippen molar-refractivity contribution in [1.82, 2.24) is 0 Å². The fraction of sp³-hybridized carbons (Fsp3) is 0.500. The van der Waals surface area contributed by atoms with Gasteiger partial charge in [-0.3, -0.25) is 0 Å². The molecular formula is C14H22OSn. The van der Waals surface area contributed by atoms with Crippen LogP contribution in [0.1, 0.15) is 20.8 Å². The summed E-state index contributed by atoms with van der Waals surface area (Å²) in [6, 6.07) is 10.6. The quantitative estimate of drug-likeness (QED) is 0.780. The zero-order valence-corrected chi connectivity index (χ0v) is 13.9. The van der Waals surface area contributed by atoms with E-state index in [1.54, 1.807) is 0 Å². The molecule has 0 aliphatic heterocycles. The molecule has 0 unspecified atom stereocenters. The number of carbonyl (C=O) groups is 1.